The molecule has 0 amide bonds. The highest BCUT2D eigenvalue weighted by Crippen LogP contribution is 2.30. The molecule has 16 heavy (non-hydrogen) atoms. The largest absolute Gasteiger partial charge is 0.392 e. The quantitative estimate of drug-likeness (QED) is 0.624. The summed E-state index contributed by atoms with van der Waals surface area (Å²) in [6.07, 6.45) is 1.74. The zero-order valence-corrected chi connectivity index (χ0v) is 10.4. The van der Waals surface area contributed by atoms with E-state index < -0.39 is 11.7 Å². The Bertz CT molecular complexity index is 191. The van der Waals surface area contributed by atoms with Crippen LogP contribution in [0.2, 0.25) is 0 Å². The molecule has 1 heterocycles. The van der Waals surface area contributed by atoms with Crippen molar-refractivity contribution in [3.63, 3.8) is 0 Å². The number of ether oxygens (including phenoxy) is 1. The topological polar surface area (TPSA) is 61.7 Å². The summed E-state index contributed by atoms with van der Waals surface area (Å²) in [5, 5.41) is 23.2. The molecule has 0 spiro atoms. The van der Waals surface area contributed by atoms with Crippen LogP contribution in [-0.4, -0.2) is 48.2 Å². The predicted octanol–water partition coefficient (Wildman–Crippen LogP) is 0.524. The van der Waals surface area contributed by atoms with Crippen molar-refractivity contribution in [3.8, 4) is 0 Å². The van der Waals surface area contributed by atoms with E-state index in [1.165, 1.54) is 0 Å². The molecule has 4 nitrogen and oxygen atoms in total. The third-order valence-electron chi connectivity index (χ3n) is 3.38. The first-order valence-corrected chi connectivity index (χ1v) is 6.25. The molecule has 0 aromatic rings. The van der Waals surface area contributed by atoms with Crippen LogP contribution in [0.4, 0.5) is 0 Å². The smallest absolute Gasteiger partial charge is 0.0691 e. The molecule has 0 aliphatic carbocycles. The average Bonchev–Trinajstić information content (AvgIpc) is 2.27. The molecule has 4 heteroatoms. The molecule has 2 atom stereocenters. The fourth-order valence-electron chi connectivity index (χ4n) is 2.35. The molecule has 1 saturated heterocycles. The Labute approximate surface area is 98.0 Å². The molecule has 0 aromatic carbocycles. The summed E-state index contributed by atoms with van der Waals surface area (Å²) in [7, 11) is 0. The minimum absolute atomic E-state index is 0.248. The fourth-order valence-corrected chi connectivity index (χ4v) is 2.35. The molecule has 96 valence electrons. The van der Waals surface area contributed by atoms with E-state index in [4.69, 9.17) is 4.74 Å². The van der Waals surface area contributed by atoms with Gasteiger partial charge in [-0.25, -0.2) is 0 Å². The molecular formula is C12H25NO3. The summed E-state index contributed by atoms with van der Waals surface area (Å²) in [6, 6.07) is 0. The summed E-state index contributed by atoms with van der Waals surface area (Å²) in [6.45, 7) is 6.68. The van der Waals surface area contributed by atoms with Gasteiger partial charge in [0.2, 0.25) is 0 Å². The van der Waals surface area contributed by atoms with E-state index in [1.54, 1.807) is 0 Å². The lowest BCUT2D eigenvalue weighted by Crippen LogP contribution is -2.43. The van der Waals surface area contributed by atoms with Crippen molar-refractivity contribution in [3.05, 3.63) is 0 Å². The van der Waals surface area contributed by atoms with Gasteiger partial charge in [0, 0.05) is 26.2 Å². The SMILES string of the molecule is CCNCC(O)CC(C)(O)C1CCOCC1. The van der Waals surface area contributed by atoms with E-state index in [0.29, 0.717) is 13.0 Å². The minimum Gasteiger partial charge on any atom is -0.392 e. The first kappa shape index (κ1) is 13.9. The van der Waals surface area contributed by atoms with Gasteiger partial charge in [0.1, 0.15) is 0 Å². The zero-order valence-electron chi connectivity index (χ0n) is 10.4. The van der Waals surface area contributed by atoms with E-state index >= 15 is 0 Å². The van der Waals surface area contributed by atoms with Gasteiger partial charge in [0.25, 0.3) is 0 Å². The maximum absolute atomic E-state index is 10.4. The first-order chi connectivity index (χ1) is 7.56. The standard InChI is InChI=1S/C12H25NO3/c1-3-13-9-11(14)8-12(2,15)10-4-6-16-7-5-10/h10-11,13-15H,3-9H2,1-2H3. The normalized spacial score (nSPS) is 24.0. The number of rotatable bonds is 6. The summed E-state index contributed by atoms with van der Waals surface area (Å²) >= 11 is 0. The monoisotopic (exact) mass is 231 g/mol. The second kappa shape index (κ2) is 6.55. The Kier molecular flexibility index (Phi) is 5.69. The van der Waals surface area contributed by atoms with E-state index in [1.807, 2.05) is 13.8 Å². The van der Waals surface area contributed by atoms with Crippen LogP contribution < -0.4 is 5.32 Å². The molecule has 0 aromatic heterocycles. The third-order valence-corrected chi connectivity index (χ3v) is 3.38. The lowest BCUT2D eigenvalue weighted by molar-refractivity contribution is -0.0773. The molecule has 0 bridgehead atoms. The van der Waals surface area contributed by atoms with E-state index in [9.17, 15) is 10.2 Å². The van der Waals surface area contributed by atoms with Gasteiger partial charge in [-0.3, -0.25) is 0 Å². The lowest BCUT2D eigenvalue weighted by atomic mass is 9.80. The molecule has 0 saturated carbocycles. The van der Waals surface area contributed by atoms with Gasteiger partial charge in [0.15, 0.2) is 0 Å². The third kappa shape index (κ3) is 4.37. The number of hydrogen-bond donors (Lipinski definition) is 3. The van der Waals surface area contributed by atoms with Crippen molar-refractivity contribution in [1.29, 1.82) is 0 Å². The van der Waals surface area contributed by atoms with Crippen molar-refractivity contribution >= 4 is 0 Å². The van der Waals surface area contributed by atoms with Crippen LogP contribution in [0.3, 0.4) is 0 Å². The lowest BCUT2D eigenvalue weighted by Gasteiger charge is -2.36. The van der Waals surface area contributed by atoms with Crippen molar-refractivity contribution in [2.75, 3.05) is 26.3 Å². The van der Waals surface area contributed by atoms with E-state index in [-0.39, 0.29) is 5.92 Å². The van der Waals surface area contributed by atoms with Gasteiger partial charge in [-0.15, -0.1) is 0 Å². The van der Waals surface area contributed by atoms with Crippen LogP contribution in [0, 0.1) is 5.92 Å². The Morgan fingerprint density at radius 1 is 1.44 bits per heavy atom. The summed E-state index contributed by atoms with van der Waals surface area (Å²) in [4.78, 5) is 0. The molecule has 1 rings (SSSR count). The number of hydrogen-bond acceptors (Lipinski definition) is 4. The van der Waals surface area contributed by atoms with Gasteiger partial charge < -0.3 is 20.3 Å². The van der Waals surface area contributed by atoms with Gasteiger partial charge in [0.05, 0.1) is 11.7 Å². The highest BCUT2D eigenvalue weighted by Gasteiger charge is 2.34. The predicted molar refractivity (Wildman–Crippen MR) is 63.3 cm³/mol. The summed E-state index contributed by atoms with van der Waals surface area (Å²) in [5.74, 6) is 0.248. The highest BCUT2D eigenvalue weighted by atomic mass is 16.5. The van der Waals surface area contributed by atoms with Gasteiger partial charge >= 0.3 is 0 Å². The van der Waals surface area contributed by atoms with Gasteiger partial charge in [-0.2, -0.15) is 0 Å². The number of nitrogens with one attached hydrogen (secondary N) is 1. The van der Waals surface area contributed by atoms with Crippen LogP contribution in [0.25, 0.3) is 0 Å². The Morgan fingerprint density at radius 3 is 2.62 bits per heavy atom. The minimum atomic E-state index is -0.779. The molecule has 1 aliphatic rings. The maximum Gasteiger partial charge on any atom is 0.0691 e. The van der Waals surface area contributed by atoms with Crippen molar-refractivity contribution < 1.29 is 14.9 Å². The highest BCUT2D eigenvalue weighted by molar-refractivity contribution is 4.86. The molecule has 3 N–H and O–H groups in total. The molecular weight excluding hydrogens is 206 g/mol. The van der Waals surface area contributed by atoms with Crippen LogP contribution in [0.1, 0.15) is 33.1 Å². The van der Waals surface area contributed by atoms with Crippen molar-refractivity contribution in [2.45, 2.75) is 44.8 Å². The van der Waals surface area contributed by atoms with Crippen molar-refractivity contribution in [2.24, 2.45) is 5.92 Å². The van der Waals surface area contributed by atoms with Crippen molar-refractivity contribution in [1.82, 2.24) is 5.32 Å². The second-order valence-corrected chi connectivity index (χ2v) is 4.91. The second-order valence-electron chi connectivity index (χ2n) is 4.91. The summed E-state index contributed by atoms with van der Waals surface area (Å²) < 4.78 is 5.28. The number of aliphatic hydroxyl groups is 2. The van der Waals surface area contributed by atoms with Crippen LogP contribution in [0.5, 0.6) is 0 Å². The van der Waals surface area contributed by atoms with Gasteiger partial charge in [-0.1, -0.05) is 6.92 Å². The number of aliphatic hydroxyl groups excluding tert-OH is 1. The Balaban J connectivity index is 2.36. The fraction of sp³-hybridized carbons (Fsp3) is 1.00. The zero-order chi connectivity index (χ0) is 12.0. The van der Waals surface area contributed by atoms with E-state index in [2.05, 4.69) is 5.32 Å². The first-order valence-electron chi connectivity index (χ1n) is 6.25. The number of likely N-dealkylation sites (N-methyl/N-ethyl adjacent to an activating group) is 1. The van der Waals surface area contributed by atoms with E-state index in [0.717, 1.165) is 32.6 Å². The van der Waals surface area contributed by atoms with Crippen LogP contribution >= 0.6 is 0 Å². The van der Waals surface area contributed by atoms with Crippen LogP contribution in [0.15, 0.2) is 0 Å². The summed E-state index contributed by atoms with van der Waals surface area (Å²) in [5.41, 5.74) is -0.779. The molecule has 0 radical (unpaired) electrons. The van der Waals surface area contributed by atoms with Crippen LogP contribution in [-0.2, 0) is 4.74 Å². The molecule has 1 aliphatic heterocycles. The molecule has 1 fully saturated rings. The maximum atomic E-state index is 10.4. The Morgan fingerprint density at radius 2 is 2.06 bits per heavy atom. The molecule has 2 unspecified atom stereocenters. The Hall–Kier alpha value is -0.160. The average molecular weight is 231 g/mol. The van der Waals surface area contributed by atoms with Gasteiger partial charge in [-0.05, 0) is 32.2 Å².